The lowest BCUT2D eigenvalue weighted by molar-refractivity contribution is 0.195. The summed E-state index contributed by atoms with van der Waals surface area (Å²) in [4.78, 5) is 2.67. The molecule has 0 bridgehead atoms. The number of hydrogen-bond donors (Lipinski definition) is 1. The minimum atomic E-state index is 0.838. The highest BCUT2D eigenvalue weighted by Crippen LogP contribution is 2.31. The van der Waals surface area contributed by atoms with Crippen LogP contribution in [0, 0.1) is 11.8 Å². The highest BCUT2D eigenvalue weighted by Gasteiger charge is 2.25. The molecule has 2 rings (SSSR count). The molecule has 2 aliphatic rings. The standard InChI is InChI=1S/C12H24N2/c13-9-11-4-5-12(8-11)10-14-6-2-1-3-7-14/h11-12H,1-10,13H2. The summed E-state index contributed by atoms with van der Waals surface area (Å²) in [6, 6.07) is 0. The van der Waals surface area contributed by atoms with E-state index in [-0.39, 0.29) is 0 Å². The number of hydrogen-bond acceptors (Lipinski definition) is 2. The van der Waals surface area contributed by atoms with Gasteiger partial charge in [0.05, 0.1) is 0 Å². The van der Waals surface area contributed by atoms with Crippen LogP contribution in [0.2, 0.25) is 0 Å². The van der Waals surface area contributed by atoms with Gasteiger partial charge in [-0.15, -0.1) is 0 Å². The van der Waals surface area contributed by atoms with E-state index in [2.05, 4.69) is 4.90 Å². The van der Waals surface area contributed by atoms with Crippen molar-refractivity contribution in [2.45, 2.75) is 38.5 Å². The molecule has 1 aliphatic carbocycles. The second kappa shape index (κ2) is 5.13. The molecule has 2 N–H and O–H groups in total. The molecule has 2 fully saturated rings. The first-order valence-corrected chi connectivity index (χ1v) is 6.31. The summed E-state index contributed by atoms with van der Waals surface area (Å²) in [5.41, 5.74) is 5.72. The van der Waals surface area contributed by atoms with Gasteiger partial charge in [-0.05, 0) is 63.6 Å². The van der Waals surface area contributed by atoms with Crippen molar-refractivity contribution < 1.29 is 0 Å². The van der Waals surface area contributed by atoms with E-state index >= 15 is 0 Å². The van der Waals surface area contributed by atoms with Gasteiger partial charge in [0.2, 0.25) is 0 Å². The van der Waals surface area contributed by atoms with Gasteiger partial charge in [0, 0.05) is 6.54 Å². The quantitative estimate of drug-likeness (QED) is 0.746. The molecule has 0 amide bonds. The fourth-order valence-corrected chi connectivity index (χ4v) is 3.07. The Bertz CT molecular complexity index is 164. The molecule has 2 heteroatoms. The van der Waals surface area contributed by atoms with Crippen molar-refractivity contribution in [3.63, 3.8) is 0 Å². The fraction of sp³-hybridized carbons (Fsp3) is 1.00. The average molecular weight is 196 g/mol. The minimum absolute atomic E-state index is 0.838. The molecule has 0 spiro atoms. The molecule has 2 nitrogen and oxygen atoms in total. The summed E-state index contributed by atoms with van der Waals surface area (Å²) < 4.78 is 0. The Balaban J connectivity index is 1.69. The fourth-order valence-electron chi connectivity index (χ4n) is 3.07. The van der Waals surface area contributed by atoms with Crippen molar-refractivity contribution in [3.05, 3.63) is 0 Å². The maximum Gasteiger partial charge on any atom is 0.000977 e. The highest BCUT2D eigenvalue weighted by atomic mass is 15.1. The van der Waals surface area contributed by atoms with Crippen molar-refractivity contribution >= 4 is 0 Å². The molecule has 2 atom stereocenters. The van der Waals surface area contributed by atoms with Crippen LogP contribution in [-0.4, -0.2) is 31.1 Å². The van der Waals surface area contributed by atoms with Gasteiger partial charge in [-0.25, -0.2) is 0 Å². The van der Waals surface area contributed by atoms with Crippen molar-refractivity contribution in [1.82, 2.24) is 4.90 Å². The maximum absolute atomic E-state index is 5.72. The topological polar surface area (TPSA) is 29.3 Å². The van der Waals surface area contributed by atoms with Crippen LogP contribution in [0.5, 0.6) is 0 Å². The Labute approximate surface area is 87.8 Å². The largest absolute Gasteiger partial charge is 0.330 e. The lowest BCUT2D eigenvalue weighted by atomic mass is 10.0. The second-order valence-electron chi connectivity index (χ2n) is 5.14. The number of rotatable bonds is 3. The Morgan fingerprint density at radius 2 is 1.71 bits per heavy atom. The number of nitrogens with two attached hydrogens (primary N) is 1. The van der Waals surface area contributed by atoms with E-state index in [1.165, 1.54) is 58.2 Å². The second-order valence-corrected chi connectivity index (χ2v) is 5.14. The van der Waals surface area contributed by atoms with Crippen molar-refractivity contribution in [3.8, 4) is 0 Å². The van der Waals surface area contributed by atoms with Gasteiger partial charge in [0.15, 0.2) is 0 Å². The molecule has 2 unspecified atom stereocenters. The Morgan fingerprint density at radius 3 is 2.36 bits per heavy atom. The lowest BCUT2D eigenvalue weighted by Gasteiger charge is -2.29. The van der Waals surface area contributed by atoms with Crippen LogP contribution in [0.25, 0.3) is 0 Å². The minimum Gasteiger partial charge on any atom is -0.330 e. The molecular formula is C12H24N2. The van der Waals surface area contributed by atoms with Gasteiger partial charge >= 0.3 is 0 Å². The molecule has 0 aromatic heterocycles. The Morgan fingerprint density at radius 1 is 1.00 bits per heavy atom. The monoisotopic (exact) mass is 196 g/mol. The first-order valence-electron chi connectivity index (χ1n) is 6.31. The predicted octanol–water partition coefficient (Wildman–Crippen LogP) is 1.85. The van der Waals surface area contributed by atoms with E-state index in [1.807, 2.05) is 0 Å². The van der Waals surface area contributed by atoms with E-state index < -0.39 is 0 Å². The van der Waals surface area contributed by atoms with E-state index in [0.717, 1.165) is 18.4 Å². The van der Waals surface area contributed by atoms with Crippen LogP contribution in [0.3, 0.4) is 0 Å². The molecule has 1 heterocycles. The third-order valence-electron chi connectivity index (χ3n) is 3.95. The molecule has 1 saturated heterocycles. The molecule has 82 valence electrons. The summed E-state index contributed by atoms with van der Waals surface area (Å²) in [6.07, 6.45) is 8.51. The third kappa shape index (κ3) is 2.71. The zero-order valence-electron chi connectivity index (χ0n) is 9.25. The highest BCUT2D eigenvalue weighted by molar-refractivity contribution is 4.79. The smallest absolute Gasteiger partial charge is 0.000977 e. The number of piperidine rings is 1. The zero-order valence-corrected chi connectivity index (χ0v) is 9.25. The zero-order chi connectivity index (χ0) is 9.80. The first-order chi connectivity index (χ1) is 6.88. The molecule has 1 saturated carbocycles. The van der Waals surface area contributed by atoms with E-state index in [4.69, 9.17) is 5.73 Å². The summed E-state index contributed by atoms with van der Waals surface area (Å²) >= 11 is 0. The van der Waals surface area contributed by atoms with E-state index in [9.17, 15) is 0 Å². The molecule has 14 heavy (non-hydrogen) atoms. The van der Waals surface area contributed by atoms with Crippen LogP contribution >= 0.6 is 0 Å². The van der Waals surface area contributed by atoms with Gasteiger partial charge in [-0.3, -0.25) is 0 Å². The Kier molecular flexibility index (Phi) is 3.82. The third-order valence-corrected chi connectivity index (χ3v) is 3.95. The average Bonchev–Trinajstić information content (AvgIpc) is 2.67. The SMILES string of the molecule is NCC1CCC(CN2CCCCC2)C1. The van der Waals surface area contributed by atoms with Crippen LogP contribution in [0.4, 0.5) is 0 Å². The summed E-state index contributed by atoms with van der Waals surface area (Å²) in [6.45, 7) is 4.97. The van der Waals surface area contributed by atoms with Gasteiger partial charge in [-0.1, -0.05) is 6.42 Å². The molecular weight excluding hydrogens is 172 g/mol. The van der Waals surface area contributed by atoms with Gasteiger partial charge in [0.1, 0.15) is 0 Å². The normalized spacial score (nSPS) is 34.9. The van der Waals surface area contributed by atoms with Crippen molar-refractivity contribution in [2.24, 2.45) is 17.6 Å². The van der Waals surface area contributed by atoms with Gasteiger partial charge in [-0.2, -0.15) is 0 Å². The van der Waals surface area contributed by atoms with Crippen molar-refractivity contribution in [2.75, 3.05) is 26.2 Å². The summed E-state index contributed by atoms with van der Waals surface area (Å²) in [7, 11) is 0. The van der Waals surface area contributed by atoms with Gasteiger partial charge < -0.3 is 10.6 Å². The van der Waals surface area contributed by atoms with Crippen molar-refractivity contribution in [1.29, 1.82) is 0 Å². The molecule has 0 aromatic rings. The predicted molar refractivity (Wildman–Crippen MR) is 60.2 cm³/mol. The van der Waals surface area contributed by atoms with Crippen LogP contribution in [0.1, 0.15) is 38.5 Å². The lowest BCUT2D eigenvalue weighted by Crippen LogP contribution is -2.33. The van der Waals surface area contributed by atoms with Crippen LogP contribution < -0.4 is 5.73 Å². The van der Waals surface area contributed by atoms with E-state index in [0.29, 0.717) is 0 Å². The van der Waals surface area contributed by atoms with Gasteiger partial charge in [0.25, 0.3) is 0 Å². The number of nitrogens with zero attached hydrogens (tertiary/aromatic N) is 1. The van der Waals surface area contributed by atoms with Crippen LogP contribution in [-0.2, 0) is 0 Å². The van der Waals surface area contributed by atoms with E-state index in [1.54, 1.807) is 0 Å². The number of likely N-dealkylation sites (tertiary alicyclic amines) is 1. The summed E-state index contributed by atoms with van der Waals surface area (Å²) in [5, 5.41) is 0. The van der Waals surface area contributed by atoms with Crippen LogP contribution in [0.15, 0.2) is 0 Å². The first kappa shape index (κ1) is 10.4. The molecule has 0 aromatic carbocycles. The molecule has 0 radical (unpaired) electrons. The Hall–Kier alpha value is -0.0800. The maximum atomic E-state index is 5.72. The summed E-state index contributed by atoms with van der Waals surface area (Å²) in [5.74, 6) is 1.80. The molecule has 1 aliphatic heterocycles.